The van der Waals surface area contributed by atoms with Gasteiger partial charge in [-0.1, -0.05) is 6.42 Å². The molecule has 4 amide bonds. The van der Waals surface area contributed by atoms with Crippen LogP contribution in [0.15, 0.2) is 0 Å². The van der Waals surface area contributed by atoms with Crippen LogP contribution in [0.25, 0.3) is 0 Å². The Bertz CT molecular complexity index is 689. The maximum Gasteiger partial charge on any atom is 0.326 e. The highest BCUT2D eigenvalue weighted by Crippen LogP contribution is 2.18. The number of hydrogen-bond donors (Lipinski definition) is 7. The summed E-state index contributed by atoms with van der Waals surface area (Å²) in [6, 6.07) is -4.58. The monoisotopic (exact) mass is 458 g/mol. The maximum absolute atomic E-state index is 12.7. The molecule has 0 bridgehead atoms. The summed E-state index contributed by atoms with van der Waals surface area (Å²) in [6.45, 7) is -0.140. The minimum Gasteiger partial charge on any atom is -0.480 e. The van der Waals surface area contributed by atoms with Gasteiger partial charge in [-0.25, -0.2) is 4.79 Å². The number of nitrogens with one attached hydrogen (secondary N) is 2. The van der Waals surface area contributed by atoms with Crippen LogP contribution in [0.1, 0.15) is 44.9 Å². The second-order valence-electron chi connectivity index (χ2n) is 7.73. The first-order valence-electron chi connectivity index (χ1n) is 10.6. The zero-order valence-corrected chi connectivity index (χ0v) is 18.0. The smallest absolute Gasteiger partial charge is 0.326 e. The molecule has 1 rings (SSSR count). The van der Waals surface area contributed by atoms with Crippen LogP contribution in [-0.4, -0.2) is 88.6 Å². The molecule has 1 aliphatic rings. The molecule has 10 N–H and O–H groups in total. The van der Waals surface area contributed by atoms with Gasteiger partial charge in [0.25, 0.3) is 0 Å². The number of amides is 4. The summed E-state index contributed by atoms with van der Waals surface area (Å²) in [5, 5.41) is 23.6. The Balaban J connectivity index is 2.84. The fraction of sp³-hybridized carbons (Fsp3) is 0.737. The number of primary amides is 1. The third kappa shape index (κ3) is 8.40. The lowest BCUT2D eigenvalue weighted by atomic mass is 10.1. The van der Waals surface area contributed by atoms with Gasteiger partial charge in [-0.15, -0.1) is 0 Å². The predicted octanol–water partition coefficient (Wildman–Crippen LogP) is -3.25. The number of unbranched alkanes of at least 4 members (excludes halogenated alkanes) is 1. The van der Waals surface area contributed by atoms with Crippen molar-refractivity contribution < 1.29 is 34.2 Å². The van der Waals surface area contributed by atoms with Gasteiger partial charge in [0, 0.05) is 13.0 Å². The van der Waals surface area contributed by atoms with Gasteiger partial charge < -0.3 is 42.9 Å². The van der Waals surface area contributed by atoms with Gasteiger partial charge in [0.15, 0.2) is 0 Å². The van der Waals surface area contributed by atoms with Crippen LogP contribution in [0, 0.1) is 0 Å². The fourth-order valence-electron chi connectivity index (χ4n) is 3.42. The fourth-order valence-corrected chi connectivity index (χ4v) is 3.42. The number of carboxylic acid groups (broad SMARTS) is 1. The summed E-state index contributed by atoms with van der Waals surface area (Å²) in [6.07, 6.45) is 2.03. The van der Waals surface area contributed by atoms with Crippen molar-refractivity contribution >= 4 is 29.6 Å². The zero-order valence-electron chi connectivity index (χ0n) is 18.0. The third-order valence-corrected chi connectivity index (χ3v) is 5.24. The number of nitrogens with zero attached hydrogens (tertiary/aromatic N) is 1. The minimum atomic E-state index is -1.41. The molecule has 0 aliphatic carbocycles. The van der Waals surface area contributed by atoms with E-state index in [9.17, 15) is 34.2 Å². The lowest BCUT2D eigenvalue weighted by Gasteiger charge is -2.28. The van der Waals surface area contributed by atoms with E-state index in [4.69, 9.17) is 17.2 Å². The molecule has 0 aromatic heterocycles. The van der Waals surface area contributed by atoms with Gasteiger partial charge in [-0.2, -0.15) is 0 Å². The number of aliphatic carboxylic acids is 1. The molecule has 32 heavy (non-hydrogen) atoms. The van der Waals surface area contributed by atoms with E-state index in [0.717, 1.165) is 4.90 Å². The molecule has 1 heterocycles. The standard InChI is InChI=1S/C19H34N6O7/c20-8-2-1-4-11(21)16(28)23-12(6-7-15(22)27)17(29)24-13(10-26)18(30)25-9-3-5-14(25)19(31)32/h11-14,26H,1-10,20-21H2,(H2,22,27)(H,23,28)(H,24,29)(H,31,32). The van der Waals surface area contributed by atoms with Crippen LogP contribution in [0.4, 0.5) is 0 Å². The number of hydrogen-bond acceptors (Lipinski definition) is 8. The molecule has 0 aromatic rings. The van der Waals surface area contributed by atoms with Gasteiger partial charge in [-0.3, -0.25) is 19.2 Å². The molecular formula is C19H34N6O7. The zero-order chi connectivity index (χ0) is 24.3. The second-order valence-corrected chi connectivity index (χ2v) is 7.73. The van der Waals surface area contributed by atoms with E-state index in [1.54, 1.807) is 0 Å². The van der Waals surface area contributed by atoms with Crippen molar-refractivity contribution in [2.24, 2.45) is 17.2 Å². The second kappa shape index (κ2) is 13.6. The van der Waals surface area contributed by atoms with Gasteiger partial charge in [0.05, 0.1) is 12.6 Å². The van der Waals surface area contributed by atoms with E-state index in [-0.39, 0.29) is 25.8 Å². The van der Waals surface area contributed by atoms with Crippen molar-refractivity contribution in [1.29, 1.82) is 0 Å². The Labute approximate surface area is 186 Å². The summed E-state index contributed by atoms with van der Waals surface area (Å²) in [7, 11) is 0. The van der Waals surface area contributed by atoms with Crippen molar-refractivity contribution in [3.05, 3.63) is 0 Å². The minimum absolute atomic E-state index is 0.143. The summed E-state index contributed by atoms with van der Waals surface area (Å²) < 4.78 is 0. The highest BCUT2D eigenvalue weighted by Gasteiger charge is 2.38. The highest BCUT2D eigenvalue weighted by molar-refractivity contribution is 5.94. The van der Waals surface area contributed by atoms with E-state index >= 15 is 0 Å². The molecule has 0 aromatic carbocycles. The first-order chi connectivity index (χ1) is 15.1. The van der Waals surface area contributed by atoms with Crippen LogP contribution >= 0.6 is 0 Å². The lowest BCUT2D eigenvalue weighted by molar-refractivity contribution is -0.150. The molecule has 4 atom stereocenters. The number of aliphatic hydroxyl groups is 1. The van der Waals surface area contributed by atoms with Crippen molar-refractivity contribution in [2.75, 3.05) is 19.7 Å². The van der Waals surface area contributed by atoms with Gasteiger partial charge in [-0.05, 0) is 38.6 Å². The molecule has 0 radical (unpaired) electrons. The summed E-state index contributed by atoms with van der Waals surface area (Å²) in [5.74, 6) is -4.06. The SMILES string of the molecule is NCCCCC(N)C(=O)NC(CCC(N)=O)C(=O)NC(CO)C(=O)N1CCCC1C(=O)O. The molecule has 1 saturated heterocycles. The summed E-state index contributed by atoms with van der Waals surface area (Å²) in [4.78, 5) is 61.4. The normalized spacial score (nSPS) is 18.5. The average Bonchev–Trinajstić information content (AvgIpc) is 3.24. The summed E-state index contributed by atoms with van der Waals surface area (Å²) in [5.41, 5.74) is 16.4. The predicted molar refractivity (Wildman–Crippen MR) is 113 cm³/mol. The number of aliphatic hydroxyl groups excluding tert-OH is 1. The van der Waals surface area contributed by atoms with E-state index in [2.05, 4.69) is 10.6 Å². The molecule has 13 heteroatoms. The van der Waals surface area contributed by atoms with Crippen molar-refractivity contribution in [1.82, 2.24) is 15.5 Å². The molecule has 1 aliphatic heterocycles. The molecule has 0 spiro atoms. The maximum atomic E-state index is 12.7. The van der Waals surface area contributed by atoms with Crippen molar-refractivity contribution in [3.8, 4) is 0 Å². The highest BCUT2D eigenvalue weighted by atomic mass is 16.4. The Morgan fingerprint density at radius 1 is 1.03 bits per heavy atom. The Hall–Kier alpha value is -2.77. The Kier molecular flexibility index (Phi) is 11.6. The lowest BCUT2D eigenvalue weighted by Crippen LogP contribution is -2.58. The molecule has 4 unspecified atom stereocenters. The van der Waals surface area contributed by atoms with Gasteiger partial charge >= 0.3 is 5.97 Å². The third-order valence-electron chi connectivity index (χ3n) is 5.24. The first kappa shape index (κ1) is 27.3. The topological polar surface area (TPSA) is 231 Å². The van der Waals surface area contributed by atoms with Crippen LogP contribution in [-0.2, 0) is 24.0 Å². The molecule has 13 nitrogen and oxygen atoms in total. The first-order valence-corrected chi connectivity index (χ1v) is 10.6. The largest absolute Gasteiger partial charge is 0.480 e. The summed E-state index contributed by atoms with van der Waals surface area (Å²) >= 11 is 0. The number of carbonyl (C=O) groups excluding carboxylic acids is 4. The molecule has 0 saturated carbocycles. The Morgan fingerprint density at radius 2 is 1.69 bits per heavy atom. The van der Waals surface area contributed by atoms with E-state index < -0.39 is 60.4 Å². The van der Waals surface area contributed by atoms with Gasteiger partial charge in [0.1, 0.15) is 18.1 Å². The molecule has 182 valence electrons. The number of carbonyl (C=O) groups is 5. The van der Waals surface area contributed by atoms with E-state index in [0.29, 0.717) is 32.2 Å². The average molecular weight is 459 g/mol. The van der Waals surface area contributed by atoms with Crippen LogP contribution in [0.3, 0.4) is 0 Å². The number of likely N-dealkylation sites (tertiary alicyclic amines) is 1. The molecular weight excluding hydrogens is 424 g/mol. The molecule has 1 fully saturated rings. The number of nitrogens with two attached hydrogens (primary N) is 3. The van der Waals surface area contributed by atoms with Crippen molar-refractivity contribution in [2.45, 2.75) is 69.1 Å². The number of rotatable bonds is 14. The van der Waals surface area contributed by atoms with E-state index in [1.807, 2.05) is 0 Å². The quantitative estimate of drug-likeness (QED) is 0.129. The van der Waals surface area contributed by atoms with Crippen LogP contribution in [0.5, 0.6) is 0 Å². The van der Waals surface area contributed by atoms with Crippen LogP contribution < -0.4 is 27.8 Å². The van der Waals surface area contributed by atoms with E-state index in [1.165, 1.54) is 0 Å². The Morgan fingerprint density at radius 3 is 2.25 bits per heavy atom. The van der Waals surface area contributed by atoms with Crippen LogP contribution in [0.2, 0.25) is 0 Å². The van der Waals surface area contributed by atoms with Gasteiger partial charge in [0.2, 0.25) is 23.6 Å². The van der Waals surface area contributed by atoms with Crippen molar-refractivity contribution in [3.63, 3.8) is 0 Å². The number of carboxylic acids is 1.